The fourth-order valence-electron chi connectivity index (χ4n) is 4.05. The van der Waals surface area contributed by atoms with Crippen molar-refractivity contribution in [1.29, 1.82) is 0 Å². The van der Waals surface area contributed by atoms with Gasteiger partial charge in [-0.15, -0.1) is 0 Å². The molecule has 6 unspecified atom stereocenters. The number of halogens is 3. The number of hydrogen-bond donors (Lipinski definition) is 1. The first kappa shape index (κ1) is 22.2. The molecule has 0 aromatic heterocycles. The summed E-state index contributed by atoms with van der Waals surface area (Å²) in [6.07, 6.45) is -7.34. The summed E-state index contributed by atoms with van der Waals surface area (Å²) in [6.45, 7) is -1.66. The Labute approximate surface area is 163 Å². The number of esters is 2. The van der Waals surface area contributed by atoms with Gasteiger partial charge in [0.05, 0.1) is 18.1 Å². The van der Waals surface area contributed by atoms with E-state index in [9.17, 15) is 39.6 Å². The first-order chi connectivity index (χ1) is 13.2. The molecule has 0 radical (unpaired) electrons. The maximum atomic E-state index is 12.6. The van der Waals surface area contributed by atoms with Crippen LogP contribution in [-0.2, 0) is 43.5 Å². The second-order valence-corrected chi connectivity index (χ2v) is 10.6. The summed E-state index contributed by atoms with van der Waals surface area (Å²) < 4.78 is 106. The lowest BCUT2D eigenvalue weighted by atomic mass is 9.94. The van der Waals surface area contributed by atoms with E-state index in [-0.39, 0.29) is 11.8 Å². The topological polar surface area (TPSA) is 150 Å². The summed E-state index contributed by atoms with van der Waals surface area (Å²) in [5.74, 6) is -2.64. The van der Waals surface area contributed by atoms with Crippen LogP contribution in [-0.4, -0.2) is 68.8 Å². The lowest BCUT2D eigenvalue weighted by Crippen LogP contribution is -2.40. The van der Waals surface area contributed by atoms with Gasteiger partial charge in [0.25, 0.3) is 20.2 Å². The maximum absolute atomic E-state index is 12.6. The van der Waals surface area contributed by atoms with Gasteiger partial charge in [0.1, 0.15) is 18.8 Å². The molecule has 0 aromatic rings. The van der Waals surface area contributed by atoms with Crippen molar-refractivity contribution in [1.82, 2.24) is 0 Å². The lowest BCUT2D eigenvalue weighted by Gasteiger charge is -2.24. The number of alkyl halides is 3. The fraction of sp³-hybridized carbons (Fsp3) is 0.857. The standard InChI is InChI=1S/C14H17F3O10S2/c15-14(16,17)9(28(20,21)22)5-25-10(18)1-2-11(19)26-12-6-3-7-8(4-6)29(23,24)27-13(7)12/h6-9,12-13H,1-5H2,(H,20,21,22). The monoisotopic (exact) mass is 466 g/mol. The third kappa shape index (κ3) is 4.51. The molecule has 0 spiro atoms. The predicted octanol–water partition coefficient (Wildman–Crippen LogP) is 0.177. The van der Waals surface area contributed by atoms with Gasteiger partial charge in [-0.05, 0) is 12.8 Å². The van der Waals surface area contributed by atoms with Crippen molar-refractivity contribution in [3.05, 3.63) is 0 Å². The smallest absolute Gasteiger partial charge is 0.411 e. The van der Waals surface area contributed by atoms with Crippen LogP contribution in [0, 0.1) is 11.8 Å². The van der Waals surface area contributed by atoms with E-state index in [1.807, 2.05) is 0 Å². The number of carbonyl (C=O) groups is 2. The van der Waals surface area contributed by atoms with Gasteiger partial charge in [0.2, 0.25) is 5.25 Å². The summed E-state index contributed by atoms with van der Waals surface area (Å²) in [6, 6.07) is 0. The highest BCUT2D eigenvalue weighted by molar-refractivity contribution is 7.87. The number of carbonyl (C=O) groups excluding carboxylic acids is 2. The second-order valence-electron chi connectivity index (χ2n) is 7.17. The van der Waals surface area contributed by atoms with Crippen molar-refractivity contribution in [2.75, 3.05) is 6.61 Å². The Balaban J connectivity index is 1.46. The molecule has 29 heavy (non-hydrogen) atoms. The molecule has 2 saturated carbocycles. The highest BCUT2D eigenvalue weighted by atomic mass is 32.2. The van der Waals surface area contributed by atoms with Gasteiger partial charge in [-0.1, -0.05) is 0 Å². The molecule has 3 aliphatic rings. The third-order valence-corrected chi connectivity index (χ3v) is 8.23. The molecular formula is C14H17F3O10S2. The fourth-order valence-corrected chi connectivity index (χ4v) is 6.51. The van der Waals surface area contributed by atoms with Gasteiger partial charge in [0, 0.05) is 11.8 Å². The molecule has 2 bridgehead atoms. The van der Waals surface area contributed by atoms with Crippen molar-refractivity contribution in [3.63, 3.8) is 0 Å². The van der Waals surface area contributed by atoms with E-state index in [4.69, 9.17) is 13.5 Å². The van der Waals surface area contributed by atoms with E-state index >= 15 is 0 Å². The van der Waals surface area contributed by atoms with E-state index in [2.05, 4.69) is 4.74 Å². The van der Waals surface area contributed by atoms with Crippen molar-refractivity contribution in [2.24, 2.45) is 11.8 Å². The van der Waals surface area contributed by atoms with Crippen LogP contribution in [0.4, 0.5) is 13.2 Å². The van der Waals surface area contributed by atoms with Crippen LogP contribution in [0.15, 0.2) is 0 Å². The van der Waals surface area contributed by atoms with Gasteiger partial charge in [-0.3, -0.25) is 18.3 Å². The SMILES string of the molecule is O=C(CCC(=O)OC1C2CC3C1OS(=O)(=O)C3C2)OCC(C(F)(F)F)S(=O)(=O)O. The maximum Gasteiger partial charge on any atom is 0.411 e. The molecule has 166 valence electrons. The Morgan fingerprint density at radius 1 is 1.17 bits per heavy atom. The molecule has 6 atom stereocenters. The molecule has 10 nitrogen and oxygen atoms in total. The molecular weight excluding hydrogens is 449 g/mol. The first-order valence-electron chi connectivity index (χ1n) is 8.50. The minimum absolute atomic E-state index is 0.189. The Morgan fingerprint density at radius 2 is 1.79 bits per heavy atom. The Kier molecular flexibility index (Phi) is 5.64. The zero-order valence-corrected chi connectivity index (χ0v) is 16.2. The number of hydrogen-bond acceptors (Lipinski definition) is 9. The van der Waals surface area contributed by atoms with Crippen molar-refractivity contribution in [2.45, 2.75) is 54.6 Å². The van der Waals surface area contributed by atoms with E-state index in [1.165, 1.54) is 0 Å². The molecule has 0 aromatic carbocycles. The molecule has 1 N–H and O–H groups in total. The van der Waals surface area contributed by atoms with Gasteiger partial charge < -0.3 is 9.47 Å². The summed E-state index contributed by atoms with van der Waals surface area (Å²) in [7, 11) is -9.23. The van der Waals surface area contributed by atoms with Gasteiger partial charge in [-0.25, -0.2) is 0 Å². The number of fused-ring (bicyclic) bond motifs is 1. The van der Waals surface area contributed by atoms with Gasteiger partial charge in [0.15, 0.2) is 0 Å². The largest absolute Gasteiger partial charge is 0.464 e. The van der Waals surface area contributed by atoms with Crippen molar-refractivity contribution < 1.29 is 57.8 Å². The van der Waals surface area contributed by atoms with Crippen LogP contribution in [0.2, 0.25) is 0 Å². The number of ether oxygens (including phenoxy) is 2. The predicted molar refractivity (Wildman–Crippen MR) is 85.3 cm³/mol. The van der Waals surface area contributed by atoms with Crippen LogP contribution in [0.25, 0.3) is 0 Å². The molecule has 0 amide bonds. The van der Waals surface area contributed by atoms with Crippen LogP contribution in [0.5, 0.6) is 0 Å². The van der Waals surface area contributed by atoms with E-state index in [1.54, 1.807) is 0 Å². The molecule has 1 heterocycles. The highest BCUT2D eigenvalue weighted by Crippen LogP contribution is 2.55. The van der Waals surface area contributed by atoms with E-state index < -0.39 is 80.5 Å². The van der Waals surface area contributed by atoms with Crippen LogP contribution in [0.1, 0.15) is 25.7 Å². The molecule has 2 aliphatic carbocycles. The average Bonchev–Trinajstić information content (AvgIpc) is 3.15. The molecule has 15 heteroatoms. The minimum Gasteiger partial charge on any atom is -0.464 e. The third-order valence-electron chi connectivity index (χ3n) is 5.34. The van der Waals surface area contributed by atoms with E-state index in [0.717, 1.165) is 0 Å². The molecule has 3 fully saturated rings. The molecule has 1 saturated heterocycles. The zero-order chi connectivity index (χ0) is 21.8. The molecule has 3 rings (SSSR count). The van der Waals surface area contributed by atoms with Crippen LogP contribution in [0.3, 0.4) is 0 Å². The zero-order valence-electron chi connectivity index (χ0n) is 14.6. The quantitative estimate of drug-likeness (QED) is 0.313. The Morgan fingerprint density at radius 3 is 2.38 bits per heavy atom. The summed E-state index contributed by atoms with van der Waals surface area (Å²) in [4.78, 5) is 23.4. The van der Waals surface area contributed by atoms with Gasteiger partial charge in [-0.2, -0.15) is 30.0 Å². The van der Waals surface area contributed by atoms with E-state index in [0.29, 0.717) is 12.8 Å². The average molecular weight is 466 g/mol. The lowest BCUT2D eigenvalue weighted by molar-refractivity contribution is -0.162. The summed E-state index contributed by atoms with van der Waals surface area (Å²) in [5, 5.41) is -3.90. The second kappa shape index (κ2) is 7.35. The first-order valence-corrected chi connectivity index (χ1v) is 11.5. The minimum atomic E-state index is -5.54. The Bertz CT molecular complexity index is 897. The van der Waals surface area contributed by atoms with Crippen molar-refractivity contribution in [3.8, 4) is 0 Å². The number of rotatable bonds is 7. The highest BCUT2D eigenvalue weighted by Gasteiger charge is 2.65. The summed E-state index contributed by atoms with van der Waals surface area (Å²) in [5.41, 5.74) is 0. The van der Waals surface area contributed by atoms with Gasteiger partial charge >= 0.3 is 18.1 Å². The molecule has 1 aliphatic heterocycles. The van der Waals surface area contributed by atoms with Crippen LogP contribution < -0.4 is 0 Å². The van der Waals surface area contributed by atoms with Crippen LogP contribution >= 0.6 is 0 Å². The normalized spacial score (nSPS) is 33.4. The summed E-state index contributed by atoms with van der Waals surface area (Å²) >= 11 is 0. The Hall–Kier alpha value is -1.45. The van der Waals surface area contributed by atoms with Crippen molar-refractivity contribution >= 4 is 32.2 Å².